The molecule has 0 heterocycles. The Balaban J connectivity index is 2.33. The van der Waals surface area contributed by atoms with Crippen molar-refractivity contribution in [2.45, 2.75) is 40.0 Å². The van der Waals surface area contributed by atoms with Gasteiger partial charge in [-0.2, -0.15) is 0 Å². The molecule has 0 fully saturated rings. The van der Waals surface area contributed by atoms with Gasteiger partial charge in [-0.15, -0.1) is 0 Å². The zero-order valence-electron chi connectivity index (χ0n) is 12.2. The first-order valence-corrected chi connectivity index (χ1v) is 7.21. The molecular formula is C16H25NO2. The first-order valence-electron chi connectivity index (χ1n) is 7.21. The van der Waals surface area contributed by atoms with Gasteiger partial charge in [-0.25, -0.2) is 0 Å². The van der Waals surface area contributed by atoms with Crippen LogP contribution in [0.2, 0.25) is 0 Å². The van der Waals surface area contributed by atoms with E-state index >= 15 is 0 Å². The summed E-state index contributed by atoms with van der Waals surface area (Å²) in [7, 11) is 0. The van der Waals surface area contributed by atoms with Gasteiger partial charge in [0.2, 0.25) is 5.91 Å². The van der Waals surface area contributed by atoms with Crippen LogP contribution in [0.1, 0.15) is 39.2 Å². The molecule has 1 N–H and O–H groups in total. The largest absolute Gasteiger partial charge is 0.491 e. The highest BCUT2D eigenvalue weighted by Crippen LogP contribution is 2.17. The van der Waals surface area contributed by atoms with Gasteiger partial charge in [0.05, 0.1) is 6.54 Å². The fourth-order valence-electron chi connectivity index (χ4n) is 2.08. The van der Waals surface area contributed by atoms with Crippen LogP contribution >= 0.6 is 0 Å². The number of amides is 1. The van der Waals surface area contributed by atoms with Crippen molar-refractivity contribution in [3.63, 3.8) is 0 Å². The van der Waals surface area contributed by atoms with E-state index in [0.717, 1.165) is 25.0 Å². The van der Waals surface area contributed by atoms with Gasteiger partial charge in [-0.3, -0.25) is 4.79 Å². The minimum atomic E-state index is 0.128. The quantitative estimate of drug-likeness (QED) is 0.732. The van der Waals surface area contributed by atoms with E-state index < -0.39 is 0 Å². The minimum absolute atomic E-state index is 0.128. The number of aryl methyl sites for hydroxylation is 1. The average molecular weight is 263 g/mol. The number of ether oxygens (including phenoxy) is 1. The van der Waals surface area contributed by atoms with E-state index in [1.165, 1.54) is 5.56 Å². The van der Waals surface area contributed by atoms with E-state index in [1.807, 2.05) is 32.0 Å². The highest BCUT2D eigenvalue weighted by atomic mass is 16.5. The molecule has 3 heteroatoms. The van der Waals surface area contributed by atoms with Crippen molar-refractivity contribution in [2.75, 3.05) is 13.2 Å². The summed E-state index contributed by atoms with van der Waals surface area (Å²) >= 11 is 0. The van der Waals surface area contributed by atoms with E-state index in [-0.39, 0.29) is 11.8 Å². The Kier molecular flexibility index (Phi) is 7.01. The van der Waals surface area contributed by atoms with E-state index in [9.17, 15) is 4.79 Å². The standard InChI is InChI=1S/C16H25NO2/c1-4-13(5-2)16(18)17-11-12-19-15-10-8-7-9-14(15)6-3/h7-10,13H,4-6,11-12H2,1-3H3,(H,17,18). The molecule has 0 atom stereocenters. The van der Waals surface area contributed by atoms with Gasteiger partial charge in [0.1, 0.15) is 12.4 Å². The maximum Gasteiger partial charge on any atom is 0.223 e. The number of hydrogen-bond donors (Lipinski definition) is 1. The molecule has 3 nitrogen and oxygen atoms in total. The highest BCUT2D eigenvalue weighted by Gasteiger charge is 2.12. The highest BCUT2D eigenvalue weighted by molar-refractivity contribution is 5.78. The Morgan fingerprint density at radius 1 is 1.21 bits per heavy atom. The van der Waals surface area contributed by atoms with Gasteiger partial charge in [-0.1, -0.05) is 39.0 Å². The normalized spacial score (nSPS) is 10.5. The Bertz CT molecular complexity index is 386. The number of nitrogens with one attached hydrogen (secondary N) is 1. The summed E-state index contributed by atoms with van der Waals surface area (Å²) in [5, 5.41) is 2.93. The number of carbonyl (C=O) groups excluding carboxylic acids is 1. The molecule has 1 aromatic carbocycles. The Morgan fingerprint density at radius 3 is 2.53 bits per heavy atom. The molecule has 0 radical (unpaired) electrons. The number of benzene rings is 1. The number of carbonyl (C=O) groups is 1. The lowest BCUT2D eigenvalue weighted by Crippen LogP contribution is -2.33. The summed E-state index contributed by atoms with van der Waals surface area (Å²) in [6.07, 6.45) is 2.74. The van der Waals surface area contributed by atoms with Gasteiger partial charge in [0.25, 0.3) is 0 Å². The van der Waals surface area contributed by atoms with Crippen LogP contribution < -0.4 is 10.1 Å². The van der Waals surface area contributed by atoms with Crippen LogP contribution in [0.4, 0.5) is 0 Å². The monoisotopic (exact) mass is 263 g/mol. The first-order chi connectivity index (χ1) is 9.22. The molecule has 0 unspecified atom stereocenters. The third kappa shape index (κ3) is 4.93. The van der Waals surface area contributed by atoms with Crippen molar-refractivity contribution in [3.05, 3.63) is 29.8 Å². The van der Waals surface area contributed by atoms with Crippen LogP contribution in [0.25, 0.3) is 0 Å². The Labute approximate surface area is 116 Å². The van der Waals surface area contributed by atoms with E-state index in [2.05, 4.69) is 18.3 Å². The van der Waals surface area contributed by atoms with Crippen molar-refractivity contribution in [1.29, 1.82) is 0 Å². The summed E-state index contributed by atoms with van der Waals surface area (Å²) in [6.45, 7) is 7.27. The molecule has 0 bridgehead atoms. The lowest BCUT2D eigenvalue weighted by molar-refractivity contribution is -0.125. The summed E-state index contributed by atoms with van der Waals surface area (Å²) in [4.78, 5) is 11.8. The Morgan fingerprint density at radius 2 is 1.89 bits per heavy atom. The van der Waals surface area contributed by atoms with Gasteiger partial charge >= 0.3 is 0 Å². The zero-order chi connectivity index (χ0) is 14.1. The molecule has 0 aliphatic carbocycles. The molecule has 1 rings (SSSR count). The molecule has 0 aliphatic rings. The van der Waals surface area contributed by atoms with Crippen molar-refractivity contribution in [2.24, 2.45) is 5.92 Å². The molecule has 0 aromatic heterocycles. The summed E-state index contributed by atoms with van der Waals surface area (Å²) in [6, 6.07) is 8.03. The number of para-hydroxylation sites is 1. The molecule has 0 saturated heterocycles. The van der Waals surface area contributed by atoms with Crippen LogP contribution in [0.5, 0.6) is 5.75 Å². The molecule has 0 spiro atoms. The van der Waals surface area contributed by atoms with Crippen LogP contribution in [0.3, 0.4) is 0 Å². The predicted molar refractivity (Wildman–Crippen MR) is 78.4 cm³/mol. The fraction of sp³-hybridized carbons (Fsp3) is 0.562. The molecule has 19 heavy (non-hydrogen) atoms. The lowest BCUT2D eigenvalue weighted by atomic mass is 10.0. The van der Waals surface area contributed by atoms with E-state index in [1.54, 1.807) is 0 Å². The number of hydrogen-bond acceptors (Lipinski definition) is 2. The number of rotatable bonds is 8. The average Bonchev–Trinajstić information content (AvgIpc) is 2.45. The van der Waals surface area contributed by atoms with Crippen molar-refractivity contribution in [3.8, 4) is 5.75 Å². The maximum absolute atomic E-state index is 11.8. The van der Waals surface area contributed by atoms with Crippen LogP contribution in [0, 0.1) is 5.92 Å². The molecule has 0 saturated carbocycles. The smallest absolute Gasteiger partial charge is 0.223 e. The third-order valence-electron chi connectivity index (χ3n) is 3.37. The zero-order valence-corrected chi connectivity index (χ0v) is 12.2. The summed E-state index contributed by atoms with van der Waals surface area (Å²) < 4.78 is 5.71. The van der Waals surface area contributed by atoms with Crippen LogP contribution in [0.15, 0.2) is 24.3 Å². The summed E-state index contributed by atoms with van der Waals surface area (Å²) in [5.74, 6) is 1.18. The molecule has 0 aliphatic heterocycles. The van der Waals surface area contributed by atoms with Gasteiger partial charge in [0, 0.05) is 5.92 Å². The van der Waals surface area contributed by atoms with E-state index in [4.69, 9.17) is 4.74 Å². The van der Waals surface area contributed by atoms with Gasteiger partial charge in [-0.05, 0) is 30.9 Å². The molecule has 1 amide bonds. The second-order valence-electron chi connectivity index (χ2n) is 4.61. The predicted octanol–water partition coefficient (Wildman–Crippen LogP) is 3.18. The lowest BCUT2D eigenvalue weighted by Gasteiger charge is -2.14. The second kappa shape index (κ2) is 8.57. The van der Waals surface area contributed by atoms with Crippen LogP contribution in [-0.2, 0) is 11.2 Å². The van der Waals surface area contributed by atoms with Crippen molar-refractivity contribution < 1.29 is 9.53 Å². The first kappa shape index (κ1) is 15.5. The second-order valence-corrected chi connectivity index (χ2v) is 4.61. The van der Waals surface area contributed by atoms with Crippen molar-refractivity contribution >= 4 is 5.91 Å². The third-order valence-corrected chi connectivity index (χ3v) is 3.37. The topological polar surface area (TPSA) is 38.3 Å². The molecule has 1 aromatic rings. The van der Waals surface area contributed by atoms with Crippen molar-refractivity contribution in [1.82, 2.24) is 5.32 Å². The molecule has 106 valence electrons. The fourth-order valence-corrected chi connectivity index (χ4v) is 2.08. The van der Waals surface area contributed by atoms with Gasteiger partial charge < -0.3 is 10.1 Å². The molecular weight excluding hydrogens is 238 g/mol. The van der Waals surface area contributed by atoms with E-state index in [0.29, 0.717) is 13.2 Å². The SMILES string of the molecule is CCc1ccccc1OCCNC(=O)C(CC)CC. The maximum atomic E-state index is 11.8. The Hall–Kier alpha value is -1.51. The minimum Gasteiger partial charge on any atom is -0.491 e. The van der Waals surface area contributed by atoms with Crippen LogP contribution in [-0.4, -0.2) is 19.1 Å². The summed E-state index contributed by atoms with van der Waals surface area (Å²) in [5.41, 5.74) is 1.20. The van der Waals surface area contributed by atoms with Gasteiger partial charge in [0.15, 0.2) is 0 Å².